The van der Waals surface area contributed by atoms with Gasteiger partial charge >= 0.3 is 39.5 Å². The van der Waals surface area contributed by atoms with Gasteiger partial charge in [0.1, 0.15) is 19.3 Å². The molecule has 0 saturated carbocycles. The molecule has 100 heavy (non-hydrogen) atoms. The summed E-state index contributed by atoms with van der Waals surface area (Å²) in [6.07, 6.45) is 72.2. The predicted octanol–water partition coefficient (Wildman–Crippen LogP) is 23.7. The minimum absolute atomic E-state index is 0.0822. The van der Waals surface area contributed by atoms with Crippen molar-refractivity contribution in [1.29, 1.82) is 0 Å². The van der Waals surface area contributed by atoms with E-state index >= 15 is 0 Å². The highest BCUT2D eigenvalue weighted by molar-refractivity contribution is 7.47. The van der Waals surface area contributed by atoms with E-state index in [1.54, 1.807) is 0 Å². The van der Waals surface area contributed by atoms with Crippen molar-refractivity contribution in [3.05, 3.63) is 48.6 Å². The number of rotatable bonds is 78. The quantitative estimate of drug-likeness (QED) is 0.0169. The van der Waals surface area contributed by atoms with E-state index in [0.717, 1.165) is 148 Å². The normalized spacial score (nSPS) is 14.1. The van der Waals surface area contributed by atoms with E-state index in [1.807, 2.05) is 0 Å². The second kappa shape index (κ2) is 74.3. The van der Waals surface area contributed by atoms with Crippen molar-refractivity contribution in [2.24, 2.45) is 0 Å². The second-order valence-electron chi connectivity index (χ2n) is 27.7. The Hall–Kier alpha value is -2.98. The zero-order valence-corrected chi connectivity index (χ0v) is 65.9. The molecule has 586 valence electrons. The Morgan fingerprint density at radius 1 is 0.280 bits per heavy atom. The maximum absolute atomic E-state index is 13.1. The van der Waals surface area contributed by atoms with E-state index in [-0.39, 0.29) is 25.7 Å². The zero-order chi connectivity index (χ0) is 73.2. The van der Waals surface area contributed by atoms with Crippen LogP contribution in [0.25, 0.3) is 0 Å². The molecule has 3 N–H and O–H groups in total. The maximum Gasteiger partial charge on any atom is 0.472 e. The van der Waals surface area contributed by atoms with Crippen LogP contribution in [0.15, 0.2) is 48.6 Å². The van der Waals surface area contributed by atoms with E-state index in [0.29, 0.717) is 25.7 Å². The molecule has 0 saturated heterocycles. The summed E-state index contributed by atoms with van der Waals surface area (Å²) in [6.45, 7) is 4.90. The monoisotopic (exact) mass is 1460 g/mol. The molecule has 17 nitrogen and oxygen atoms in total. The summed E-state index contributed by atoms with van der Waals surface area (Å²) in [5.41, 5.74) is 0. The number of carbonyl (C=O) groups is 4. The Morgan fingerprint density at radius 3 is 0.770 bits per heavy atom. The van der Waals surface area contributed by atoms with Gasteiger partial charge < -0.3 is 33.8 Å². The van der Waals surface area contributed by atoms with Crippen LogP contribution in [0.1, 0.15) is 387 Å². The van der Waals surface area contributed by atoms with Gasteiger partial charge in [-0.1, -0.05) is 301 Å². The average Bonchev–Trinajstić information content (AvgIpc) is 1.25. The van der Waals surface area contributed by atoms with Crippen molar-refractivity contribution in [1.82, 2.24) is 0 Å². The number of aliphatic hydroxyl groups excluding tert-OH is 1. The van der Waals surface area contributed by atoms with Gasteiger partial charge in [-0.05, 0) is 109 Å². The number of hydrogen-bond donors (Lipinski definition) is 3. The highest BCUT2D eigenvalue weighted by atomic mass is 31.2. The van der Waals surface area contributed by atoms with E-state index in [4.69, 9.17) is 37.0 Å². The molecule has 0 aliphatic carbocycles. The number of ether oxygens (including phenoxy) is 4. The third-order valence-corrected chi connectivity index (χ3v) is 19.7. The number of allylic oxidation sites excluding steroid dienone is 8. The SMILES string of the molecule is CCCCC/C=C\C/C=C\CCCCCCCC(=O)O[C@H](COC(=O)CCCCCCC/C=C\CCCCCCCC)COP(=O)(O)OC[C@@H](O)COP(=O)(O)OC[C@@H](COC(=O)CCCCCCC/C=C\CCCCCCCC)OC(=O)CCCCCCCCCCCCCCCCC. The first-order valence-corrected chi connectivity index (χ1v) is 43.9. The molecule has 0 radical (unpaired) electrons. The Labute approximate surface area is 610 Å². The minimum Gasteiger partial charge on any atom is -0.462 e. The summed E-state index contributed by atoms with van der Waals surface area (Å²) < 4.78 is 68.6. The van der Waals surface area contributed by atoms with Crippen molar-refractivity contribution < 1.29 is 80.2 Å². The largest absolute Gasteiger partial charge is 0.472 e. The molecule has 0 amide bonds. The fraction of sp³-hybridized carbons (Fsp3) is 0.852. The van der Waals surface area contributed by atoms with Gasteiger partial charge in [-0.15, -0.1) is 0 Å². The van der Waals surface area contributed by atoms with Crippen molar-refractivity contribution in [3.8, 4) is 0 Å². The molecule has 0 bridgehead atoms. The lowest BCUT2D eigenvalue weighted by atomic mass is 10.0. The van der Waals surface area contributed by atoms with Crippen molar-refractivity contribution in [2.75, 3.05) is 39.6 Å². The Bertz CT molecular complexity index is 2080. The van der Waals surface area contributed by atoms with Gasteiger partial charge in [0.05, 0.1) is 26.4 Å². The summed E-state index contributed by atoms with van der Waals surface area (Å²) in [5, 5.41) is 10.6. The molecular formula is C81H150O17P2. The van der Waals surface area contributed by atoms with Crippen LogP contribution in [0, 0.1) is 0 Å². The van der Waals surface area contributed by atoms with Crippen LogP contribution in [0.3, 0.4) is 0 Å². The molecule has 0 aromatic rings. The van der Waals surface area contributed by atoms with Crippen LogP contribution >= 0.6 is 15.6 Å². The number of unbranched alkanes of at least 4 members (excludes halogenated alkanes) is 44. The molecule has 0 aromatic carbocycles. The van der Waals surface area contributed by atoms with Crippen molar-refractivity contribution in [2.45, 2.75) is 406 Å². The van der Waals surface area contributed by atoms with Crippen LogP contribution in [0.5, 0.6) is 0 Å². The third-order valence-electron chi connectivity index (χ3n) is 17.8. The Balaban J connectivity index is 5.34. The number of esters is 4. The van der Waals surface area contributed by atoms with Crippen LogP contribution in [-0.2, 0) is 65.4 Å². The highest BCUT2D eigenvalue weighted by Gasteiger charge is 2.30. The van der Waals surface area contributed by atoms with Gasteiger partial charge in [0, 0.05) is 25.7 Å². The summed E-state index contributed by atoms with van der Waals surface area (Å²) in [6, 6.07) is 0. The molecule has 0 aliphatic heterocycles. The third kappa shape index (κ3) is 73.3. The Kier molecular flexibility index (Phi) is 72.1. The minimum atomic E-state index is -4.97. The van der Waals surface area contributed by atoms with Crippen molar-refractivity contribution in [3.63, 3.8) is 0 Å². The van der Waals surface area contributed by atoms with Crippen LogP contribution in [0.4, 0.5) is 0 Å². The topological polar surface area (TPSA) is 237 Å². The molecule has 0 fully saturated rings. The average molecular weight is 1460 g/mol. The molecule has 0 spiro atoms. The number of carbonyl (C=O) groups excluding carboxylic acids is 4. The summed E-state index contributed by atoms with van der Waals surface area (Å²) >= 11 is 0. The lowest BCUT2D eigenvalue weighted by molar-refractivity contribution is -0.161. The molecule has 5 atom stereocenters. The zero-order valence-electron chi connectivity index (χ0n) is 64.1. The van der Waals surface area contributed by atoms with E-state index < -0.39 is 97.5 Å². The number of hydrogen-bond acceptors (Lipinski definition) is 15. The molecule has 0 heterocycles. The maximum atomic E-state index is 13.1. The van der Waals surface area contributed by atoms with Gasteiger partial charge in [0.2, 0.25) is 0 Å². The van der Waals surface area contributed by atoms with Crippen LogP contribution < -0.4 is 0 Å². The predicted molar refractivity (Wildman–Crippen MR) is 409 cm³/mol. The highest BCUT2D eigenvalue weighted by Crippen LogP contribution is 2.45. The number of aliphatic hydroxyl groups is 1. The van der Waals surface area contributed by atoms with E-state index in [1.165, 1.54) is 161 Å². The standard InChI is InChI=1S/C81H150O17P2/c1-5-9-13-17-21-25-29-33-37-41-45-49-53-57-61-65-78(83)91-71-76(97-80(85)67-63-59-55-51-47-43-39-35-31-27-23-19-15-11-7-3)73-95-99(87,88)93-69-75(82)70-94-100(89,90)96-74-77(98-81(86)68-64-60-56-52-48-44-40-36-32-28-24-20-16-12-8-4)72-92-79(84)66-62-58-54-50-46-42-38-34-30-26-22-18-14-10-6-2/h23,27,33-35,37-39,75-77,82H,5-22,24-26,28-32,36,40-74H2,1-4H3,(H,87,88)(H,89,90)/b27-23-,37-33-,38-34-,39-35-/t75-,76-,77-/m1/s1. The molecule has 2 unspecified atom stereocenters. The first kappa shape index (κ1) is 97.0. The van der Waals surface area contributed by atoms with Crippen LogP contribution in [-0.4, -0.2) is 96.7 Å². The smallest absolute Gasteiger partial charge is 0.462 e. The molecular weight excluding hydrogens is 1310 g/mol. The molecule has 0 rings (SSSR count). The molecule has 0 aromatic heterocycles. The number of phosphoric ester groups is 2. The second-order valence-corrected chi connectivity index (χ2v) is 30.6. The van der Waals surface area contributed by atoms with E-state index in [2.05, 4.69) is 76.3 Å². The van der Waals surface area contributed by atoms with Gasteiger partial charge in [0.25, 0.3) is 0 Å². The van der Waals surface area contributed by atoms with Gasteiger partial charge in [-0.2, -0.15) is 0 Å². The first-order valence-electron chi connectivity index (χ1n) is 40.9. The fourth-order valence-electron chi connectivity index (χ4n) is 11.5. The Morgan fingerprint density at radius 2 is 0.490 bits per heavy atom. The summed E-state index contributed by atoms with van der Waals surface area (Å²) in [4.78, 5) is 73.0. The van der Waals surface area contributed by atoms with Crippen LogP contribution in [0.2, 0.25) is 0 Å². The number of phosphoric acid groups is 2. The van der Waals surface area contributed by atoms with Gasteiger partial charge in [-0.25, -0.2) is 9.13 Å². The molecule has 19 heteroatoms. The molecule has 0 aliphatic rings. The van der Waals surface area contributed by atoms with E-state index in [9.17, 15) is 43.2 Å². The van der Waals surface area contributed by atoms with Gasteiger partial charge in [0.15, 0.2) is 12.2 Å². The first-order chi connectivity index (χ1) is 48.7. The fourth-order valence-corrected chi connectivity index (χ4v) is 13.1. The van der Waals surface area contributed by atoms with Gasteiger partial charge in [-0.3, -0.25) is 37.3 Å². The summed E-state index contributed by atoms with van der Waals surface area (Å²) in [7, 11) is -9.94. The summed E-state index contributed by atoms with van der Waals surface area (Å²) in [5.74, 6) is -2.17. The van der Waals surface area contributed by atoms with Crippen molar-refractivity contribution >= 4 is 39.5 Å². The lowest BCUT2D eigenvalue weighted by Gasteiger charge is -2.21. The lowest BCUT2D eigenvalue weighted by Crippen LogP contribution is -2.30.